The summed E-state index contributed by atoms with van der Waals surface area (Å²) in [7, 11) is 0. The molecule has 1 N–H and O–H groups in total. The van der Waals surface area contributed by atoms with Gasteiger partial charge >= 0.3 is 0 Å². The average Bonchev–Trinajstić information content (AvgIpc) is 2.33. The van der Waals surface area contributed by atoms with E-state index in [0.29, 0.717) is 13.0 Å². The average molecular weight is 241 g/mol. The Morgan fingerprint density at radius 2 is 1.94 bits per heavy atom. The molecule has 100 valence electrons. The lowest BCUT2D eigenvalue weighted by Gasteiger charge is -2.30. The highest BCUT2D eigenvalue weighted by Crippen LogP contribution is 2.13. The van der Waals surface area contributed by atoms with Gasteiger partial charge < -0.3 is 10.0 Å². The zero-order chi connectivity index (χ0) is 12.5. The molecule has 0 saturated carbocycles. The van der Waals surface area contributed by atoms with Crippen molar-refractivity contribution in [2.75, 3.05) is 13.1 Å². The Balaban J connectivity index is 2.04. The van der Waals surface area contributed by atoms with Gasteiger partial charge in [-0.15, -0.1) is 0 Å². The quantitative estimate of drug-likeness (QED) is 0.696. The van der Waals surface area contributed by atoms with E-state index in [4.69, 9.17) is 0 Å². The summed E-state index contributed by atoms with van der Waals surface area (Å²) in [4.78, 5) is 13.7. The van der Waals surface area contributed by atoms with Gasteiger partial charge in [-0.05, 0) is 19.3 Å². The highest BCUT2D eigenvalue weighted by molar-refractivity contribution is 5.76. The van der Waals surface area contributed by atoms with Crippen molar-refractivity contribution < 1.29 is 9.90 Å². The number of hydrogen-bond donors (Lipinski definition) is 1. The fourth-order valence-electron chi connectivity index (χ4n) is 2.40. The molecule has 0 unspecified atom stereocenters. The van der Waals surface area contributed by atoms with E-state index in [-0.39, 0.29) is 12.0 Å². The zero-order valence-corrected chi connectivity index (χ0v) is 11.2. The van der Waals surface area contributed by atoms with Crippen LogP contribution in [-0.4, -0.2) is 35.1 Å². The molecule has 1 aliphatic rings. The van der Waals surface area contributed by atoms with Crippen molar-refractivity contribution in [2.24, 2.45) is 0 Å². The lowest BCUT2D eigenvalue weighted by molar-refractivity contribution is -0.134. The number of aliphatic hydroxyl groups excluding tert-OH is 1. The SMILES string of the molecule is CCCCCCCCC(=O)N1CCC[C@H](O)C1. The van der Waals surface area contributed by atoms with Crippen LogP contribution in [0.25, 0.3) is 0 Å². The predicted molar refractivity (Wildman–Crippen MR) is 69.8 cm³/mol. The number of carbonyl (C=O) groups is 1. The van der Waals surface area contributed by atoms with E-state index in [1.807, 2.05) is 4.90 Å². The molecule has 1 saturated heterocycles. The van der Waals surface area contributed by atoms with Crippen LogP contribution in [-0.2, 0) is 4.79 Å². The monoisotopic (exact) mass is 241 g/mol. The first-order chi connectivity index (χ1) is 8.24. The van der Waals surface area contributed by atoms with Crippen LogP contribution < -0.4 is 0 Å². The number of likely N-dealkylation sites (tertiary alicyclic amines) is 1. The lowest BCUT2D eigenvalue weighted by Crippen LogP contribution is -2.42. The minimum absolute atomic E-state index is 0.235. The van der Waals surface area contributed by atoms with Gasteiger partial charge in [-0.2, -0.15) is 0 Å². The Morgan fingerprint density at radius 3 is 2.65 bits per heavy atom. The number of hydrogen-bond acceptors (Lipinski definition) is 2. The Hall–Kier alpha value is -0.570. The second-order valence-electron chi connectivity index (χ2n) is 5.15. The van der Waals surface area contributed by atoms with Gasteiger partial charge in [-0.25, -0.2) is 0 Å². The number of rotatable bonds is 7. The molecule has 0 radical (unpaired) electrons. The topological polar surface area (TPSA) is 40.5 Å². The summed E-state index contributed by atoms with van der Waals surface area (Å²) in [5.74, 6) is 0.235. The summed E-state index contributed by atoms with van der Waals surface area (Å²) < 4.78 is 0. The number of unbranched alkanes of at least 4 members (excludes halogenated alkanes) is 5. The van der Waals surface area contributed by atoms with Crippen LogP contribution in [0.15, 0.2) is 0 Å². The first-order valence-electron chi connectivity index (χ1n) is 7.20. The molecular formula is C14H27NO2. The molecule has 0 spiro atoms. The Labute approximate surface area is 105 Å². The molecule has 3 heteroatoms. The van der Waals surface area contributed by atoms with Crippen molar-refractivity contribution in [1.29, 1.82) is 0 Å². The highest BCUT2D eigenvalue weighted by atomic mass is 16.3. The maximum absolute atomic E-state index is 11.8. The van der Waals surface area contributed by atoms with E-state index >= 15 is 0 Å². The molecule has 1 aliphatic heterocycles. The molecule has 1 heterocycles. The van der Waals surface area contributed by atoms with E-state index in [1.54, 1.807) is 0 Å². The zero-order valence-electron chi connectivity index (χ0n) is 11.2. The van der Waals surface area contributed by atoms with Crippen LogP contribution in [0.4, 0.5) is 0 Å². The van der Waals surface area contributed by atoms with Gasteiger partial charge in [-0.3, -0.25) is 4.79 Å². The van der Waals surface area contributed by atoms with Crippen molar-refractivity contribution >= 4 is 5.91 Å². The summed E-state index contributed by atoms with van der Waals surface area (Å²) in [6.45, 7) is 3.60. The van der Waals surface area contributed by atoms with Crippen LogP contribution in [0.2, 0.25) is 0 Å². The van der Waals surface area contributed by atoms with Gasteiger partial charge in [0.05, 0.1) is 6.10 Å². The van der Waals surface area contributed by atoms with Gasteiger partial charge in [0.15, 0.2) is 0 Å². The molecule has 1 amide bonds. The second kappa shape index (κ2) is 8.51. The minimum Gasteiger partial charge on any atom is -0.391 e. The van der Waals surface area contributed by atoms with Crippen molar-refractivity contribution in [3.63, 3.8) is 0 Å². The summed E-state index contributed by atoms with van der Waals surface area (Å²) in [5.41, 5.74) is 0. The fraction of sp³-hybridized carbons (Fsp3) is 0.929. The Bertz CT molecular complexity index is 218. The smallest absolute Gasteiger partial charge is 0.222 e. The molecular weight excluding hydrogens is 214 g/mol. The maximum Gasteiger partial charge on any atom is 0.222 e. The molecule has 0 aromatic rings. The van der Waals surface area contributed by atoms with Crippen molar-refractivity contribution in [2.45, 2.75) is 70.8 Å². The Kier molecular flexibility index (Phi) is 7.25. The molecule has 0 bridgehead atoms. The summed E-state index contributed by atoms with van der Waals surface area (Å²) in [5, 5.41) is 9.50. The minimum atomic E-state index is -0.294. The third-order valence-electron chi connectivity index (χ3n) is 3.49. The number of carbonyl (C=O) groups excluding carboxylic acids is 1. The van der Waals surface area contributed by atoms with Crippen LogP contribution >= 0.6 is 0 Å². The largest absolute Gasteiger partial charge is 0.391 e. The van der Waals surface area contributed by atoms with Gasteiger partial charge in [0.1, 0.15) is 0 Å². The molecule has 0 aliphatic carbocycles. The van der Waals surface area contributed by atoms with Gasteiger partial charge in [0.25, 0.3) is 0 Å². The standard InChI is InChI=1S/C14H27NO2/c1-2-3-4-5-6-7-10-14(17)15-11-8-9-13(16)12-15/h13,16H,2-12H2,1H3/t13-/m0/s1. The van der Waals surface area contributed by atoms with Crippen LogP contribution in [0.5, 0.6) is 0 Å². The van der Waals surface area contributed by atoms with E-state index < -0.39 is 0 Å². The first kappa shape index (κ1) is 14.5. The molecule has 17 heavy (non-hydrogen) atoms. The summed E-state index contributed by atoms with van der Waals surface area (Å²) in [6, 6.07) is 0. The second-order valence-corrected chi connectivity index (χ2v) is 5.15. The van der Waals surface area contributed by atoms with Gasteiger partial charge in [-0.1, -0.05) is 39.0 Å². The molecule has 1 rings (SSSR count). The Morgan fingerprint density at radius 1 is 1.24 bits per heavy atom. The summed E-state index contributed by atoms with van der Waals surface area (Å²) >= 11 is 0. The van der Waals surface area contributed by atoms with Crippen LogP contribution in [0.1, 0.15) is 64.7 Å². The normalized spacial score (nSPS) is 20.6. The molecule has 3 nitrogen and oxygen atoms in total. The third-order valence-corrected chi connectivity index (χ3v) is 3.49. The van der Waals surface area contributed by atoms with Gasteiger partial charge in [0.2, 0.25) is 5.91 Å². The fourth-order valence-corrected chi connectivity index (χ4v) is 2.40. The third kappa shape index (κ3) is 6.06. The molecule has 1 atom stereocenters. The van der Waals surface area contributed by atoms with E-state index in [2.05, 4.69) is 6.92 Å². The maximum atomic E-state index is 11.8. The van der Waals surface area contributed by atoms with Crippen molar-refractivity contribution in [3.05, 3.63) is 0 Å². The predicted octanol–water partition coefficient (Wildman–Crippen LogP) is 2.72. The van der Waals surface area contributed by atoms with E-state index in [1.165, 1.54) is 32.1 Å². The molecule has 0 aromatic heterocycles. The highest BCUT2D eigenvalue weighted by Gasteiger charge is 2.21. The molecule has 0 aromatic carbocycles. The number of nitrogens with zero attached hydrogens (tertiary/aromatic N) is 1. The van der Waals surface area contributed by atoms with Crippen LogP contribution in [0, 0.1) is 0 Å². The first-order valence-corrected chi connectivity index (χ1v) is 7.20. The van der Waals surface area contributed by atoms with E-state index in [9.17, 15) is 9.90 Å². The number of piperidine rings is 1. The molecule has 1 fully saturated rings. The number of aliphatic hydroxyl groups is 1. The van der Waals surface area contributed by atoms with Crippen molar-refractivity contribution in [1.82, 2.24) is 4.90 Å². The summed E-state index contributed by atoms with van der Waals surface area (Å²) in [6.07, 6.45) is 9.48. The van der Waals surface area contributed by atoms with Gasteiger partial charge in [0, 0.05) is 19.5 Å². The van der Waals surface area contributed by atoms with Crippen LogP contribution in [0.3, 0.4) is 0 Å². The lowest BCUT2D eigenvalue weighted by atomic mass is 10.1. The van der Waals surface area contributed by atoms with Crippen molar-refractivity contribution in [3.8, 4) is 0 Å². The van der Waals surface area contributed by atoms with E-state index in [0.717, 1.165) is 25.8 Å². The number of amides is 1. The number of β-amino-alcohol motifs (C(OH)–C–C–N with tert-alkyl or cyclic N) is 1.